The third kappa shape index (κ3) is 2.94. The predicted molar refractivity (Wildman–Crippen MR) is 87.2 cm³/mol. The van der Waals surface area contributed by atoms with Crippen molar-refractivity contribution in [1.82, 2.24) is 4.98 Å². The maximum absolute atomic E-state index is 12.5. The standard InChI is InChI=1S/C18H18N2O2/c1-5-13-8-7-9-14(10-13)20-18(22)17-15(6-2)16(12(4)21)11(3)19-17/h1,7-10,19H,6H2,2-4H3,(H,20,22). The second-order valence-corrected chi connectivity index (χ2v) is 5.07. The van der Waals surface area contributed by atoms with Gasteiger partial charge in [-0.2, -0.15) is 0 Å². The van der Waals surface area contributed by atoms with Crippen LogP contribution >= 0.6 is 0 Å². The van der Waals surface area contributed by atoms with Crippen LogP contribution in [0.3, 0.4) is 0 Å². The second kappa shape index (κ2) is 6.31. The molecule has 0 radical (unpaired) electrons. The molecule has 112 valence electrons. The Hall–Kier alpha value is -2.80. The number of H-pyrrole nitrogens is 1. The first-order valence-corrected chi connectivity index (χ1v) is 7.08. The molecular weight excluding hydrogens is 276 g/mol. The number of anilines is 1. The molecule has 0 aliphatic rings. The fraction of sp³-hybridized carbons (Fsp3) is 0.222. The van der Waals surface area contributed by atoms with E-state index in [1.54, 1.807) is 31.2 Å². The van der Waals surface area contributed by atoms with Crippen molar-refractivity contribution in [3.8, 4) is 12.3 Å². The number of hydrogen-bond acceptors (Lipinski definition) is 2. The summed E-state index contributed by atoms with van der Waals surface area (Å²) in [6.45, 7) is 5.23. The quantitative estimate of drug-likeness (QED) is 0.671. The Morgan fingerprint density at radius 1 is 1.36 bits per heavy atom. The van der Waals surface area contributed by atoms with Crippen LogP contribution in [0.2, 0.25) is 0 Å². The summed E-state index contributed by atoms with van der Waals surface area (Å²) in [7, 11) is 0. The van der Waals surface area contributed by atoms with Crippen LogP contribution in [0.5, 0.6) is 0 Å². The van der Waals surface area contributed by atoms with Crippen LogP contribution in [-0.4, -0.2) is 16.7 Å². The Bertz CT molecular complexity index is 779. The first kappa shape index (κ1) is 15.6. The van der Waals surface area contributed by atoms with Crippen LogP contribution in [-0.2, 0) is 6.42 Å². The third-order valence-electron chi connectivity index (χ3n) is 3.51. The number of aryl methyl sites for hydroxylation is 1. The number of rotatable bonds is 4. The zero-order valence-corrected chi connectivity index (χ0v) is 12.9. The molecular formula is C18H18N2O2. The number of nitrogens with one attached hydrogen (secondary N) is 2. The van der Waals surface area contributed by atoms with Crippen LogP contribution in [0.1, 0.15) is 51.5 Å². The van der Waals surface area contributed by atoms with Crippen LogP contribution in [0.15, 0.2) is 24.3 Å². The highest BCUT2D eigenvalue weighted by Gasteiger charge is 2.21. The zero-order chi connectivity index (χ0) is 16.3. The highest BCUT2D eigenvalue weighted by molar-refractivity contribution is 6.07. The van der Waals surface area contributed by atoms with Crippen molar-refractivity contribution < 1.29 is 9.59 Å². The molecule has 0 bridgehead atoms. The van der Waals surface area contributed by atoms with Crippen molar-refractivity contribution in [2.45, 2.75) is 27.2 Å². The zero-order valence-electron chi connectivity index (χ0n) is 12.9. The Morgan fingerprint density at radius 3 is 2.68 bits per heavy atom. The normalized spacial score (nSPS) is 10.1. The Kier molecular flexibility index (Phi) is 4.47. The van der Waals surface area contributed by atoms with Gasteiger partial charge in [0.25, 0.3) is 5.91 Å². The maximum Gasteiger partial charge on any atom is 0.272 e. The van der Waals surface area contributed by atoms with Gasteiger partial charge in [0.05, 0.1) is 0 Å². The van der Waals surface area contributed by atoms with E-state index in [0.29, 0.717) is 34.6 Å². The number of Topliss-reactive ketones (excluding diaryl/α,β-unsaturated/α-hetero) is 1. The summed E-state index contributed by atoms with van der Waals surface area (Å²) in [4.78, 5) is 27.2. The average molecular weight is 294 g/mol. The van der Waals surface area contributed by atoms with E-state index in [-0.39, 0.29) is 11.7 Å². The SMILES string of the molecule is C#Cc1cccc(NC(=O)c2[nH]c(C)c(C(C)=O)c2CC)c1. The van der Waals surface area contributed by atoms with Gasteiger partial charge in [0, 0.05) is 22.5 Å². The number of terminal acetylenes is 1. The number of ketones is 1. The van der Waals surface area contributed by atoms with Gasteiger partial charge in [0.15, 0.2) is 5.78 Å². The van der Waals surface area contributed by atoms with Crippen LogP contribution in [0, 0.1) is 19.3 Å². The minimum atomic E-state index is -0.276. The summed E-state index contributed by atoms with van der Waals surface area (Å²) in [6, 6.07) is 7.07. The van der Waals surface area contributed by atoms with Crippen LogP contribution in [0.25, 0.3) is 0 Å². The molecule has 0 saturated heterocycles. The number of hydrogen-bond donors (Lipinski definition) is 2. The Morgan fingerprint density at radius 2 is 2.09 bits per heavy atom. The van der Waals surface area contributed by atoms with E-state index in [9.17, 15) is 9.59 Å². The lowest BCUT2D eigenvalue weighted by Gasteiger charge is -2.06. The number of benzene rings is 1. The summed E-state index contributed by atoms with van der Waals surface area (Å²) in [6.07, 6.45) is 5.96. The molecule has 0 aliphatic carbocycles. The van der Waals surface area contributed by atoms with Crippen molar-refractivity contribution in [2.24, 2.45) is 0 Å². The molecule has 0 saturated carbocycles. The van der Waals surface area contributed by atoms with Gasteiger partial charge in [0.1, 0.15) is 5.69 Å². The van der Waals surface area contributed by atoms with Gasteiger partial charge in [-0.25, -0.2) is 0 Å². The monoisotopic (exact) mass is 294 g/mol. The van der Waals surface area contributed by atoms with Crippen molar-refractivity contribution in [2.75, 3.05) is 5.32 Å². The van der Waals surface area contributed by atoms with E-state index in [0.717, 1.165) is 5.56 Å². The third-order valence-corrected chi connectivity index (χ3v) is 3.51. The summed E-state index contributed by atoms with van der Waals surface area (Å²) < 4.78 is 0. The Balaban J connectivity index is 2.36. The Labute approximate surface area is 129 Å². The topological polar surface area (TPSA) is 62.0 Å². The molecule has 0 unspecified atom stereocenters. The molecule has 22 heavy (non-hydrogen) atoms. The molecule has 2 aromatic rings. The van der Waals surface area contributed by atoms with E-state index in [4.69, 9.17) is 6.42 Å². The molecule has 2 N–H and O–H groups in total. The van der Waals surface area contributed by atoms with E-state index >= 15 is 0 Å². The van der Waals surface area contributed by atoms with E-state index in [1.165, 1.54) is 6.92 Å². The lowest BCUT2D eigenvalue weighted by molar-refractivity contribution is 0.101. The van der Waals surface area contributed by atoms with Gasteiger partial charge in [-0.05, 0) is 44.0 Å². The van der Waals surface area contributed by atoms with Crippen LogP contribution < -0.4 is 5.32 Å². The summed E-state index contributed by atoms with van der Waals surface area (Å²) in [5, 5.41) is 2.81. The van der Waals surface area contributed by atoms with Gasteiger partial charge >= 0.3 is 0 Å². The predicted octanol–water partition coefficient (Wildman–Crippen LogP) is 3.32. The fourth-order valence-corrected chi connectivity index (χ4v) is 2.58. The van der Waals surface area contributed by atoms with Gasteiger partial charge in [0.2, 0.25) is 0 Å². The molecule has 0 fully saturated rings. The number of aromatic nitrogens is 1. The van der Waals surface area contributed by atoms with Crippen molar-refractivity contribution >= 4 is 17.4 Å². The average Bonchev–Trinajstić information content (AvgIpc) is 2.84. The van der Waals surface area contributed by atoms with Gasteiger partial charge in [-0.3, -0.25) is 9.59 Å². The van der Waals surface area contributed by atoms with E-state index in [1.807, 2.05) is 6.92 Å². The summed E-state index contributed by atoms with van der Waals surface area (Å²) >= 11 is 0. The highest BCUT2D eigenvalue weighted by Crippen LogP contribution is 2.21. The first-order valence-electron chi connectivity index (χ1n) is 7.08. The summed E-state index contributed by atoms with van der Waals surface area (Å²) in [5.41, 5.74) is 3.81. The van der Waals surface area contributed by atoms with Crippen molar-refractivity contribution in [3.63, 3.8) is 0 Å². The first-order chi connectivity index (χ1) is 10.5. The number of carbonyl (C=O) groups is 2. The molecule has 2 rings (SSSR count). The van der Waals surface area contributed by atoms with Crippen LogP contribution in [0.4, 0.5) is 5.69 Å². The largest absolute Gasteiger partial charge is 0.354 e. The molecule has 4 heteroatoms. The minimum Gasteiger partial charge on any atom is -0.354 e. The molecule has 1 heterocycles. The lowest BCUT2D eigenvalue weighted by atomic mass is 10.0. The molecule has 4 nitrogen and oxygen atoms in total. The molecule has 1 amide bonds. The van der Waals surface area contributed by atoms with Gasteiger partial charge < -0.3 is 10.3 Å². The second-order valence-electron chi connectivity index (χ2n) is 5.07. The number of aromatic amines is 1. The van der Waals surface area contributed by atoms with Crippen molar-refractivity contribution in [3.05, 3.63) is 52.3 Å². The molecule has 0 spiro atoms. The highest BCUT2D eigenvalue weighted by atomic mass is 16.2. The molecule has 0 aliphatic heterocycles. The smallest absolute Gasteiger partial charge is 0.272 e. The molecule has 1 aromatic heterocycles. The fourth-order valence-electron chi connectivity index (χ4n) is 2.58. The molecule has 1 aromatic carbocycles. The van der Waals surface area contributed by atoms with E-state index < -0.39 is 0 Å². The summed E-state index contributed by atoms with van der Waals surface area (Å²) in [5.74, 6) is 2.21. The minimum absolute atomic E-state index is 0.0426. The number of carbonyl (C=O) groups excluding carboxylic acids is 2. The van der Waals surface area contributed by atoms with E-state index in [2.05, 4.69) is 16.2 Å². The maximum atomic E-state index is 12.5. The van der Waals surface area contributed by atoms with Crippen molar-refractivity contribution in [1.29, 1.82) is 0 Å². The van der Waals surface area contributed by atoms with Gasteiger partial charge in [-0.15, -0.1) is 6.42 Å². The lowest BCUT2D eigenvalue weighted by Crippen LogP contribution is -2.14. The number of amides is 1. The van der Waals surface area contributed by atoms with Gasteiger partial charge in [-0.1, -0.05) is 18.9 Å². The molecule has 0 atom stereocenters.